The first-order valence-electron chi connectivity index (χ1n) is 3.98. The third kappa shape index (κ3) is 38.3. The molecule has 19 heavy (non-hydrogen) atoms. The van der Waals surface area contributed by atoms with E-state index in [2.05, 4.69) is 24.7 Å². The summed E-state index contributed by atoms with van der Waals surface area (Å²) in [5.74, 6) is -0.289. The number of hydrogen-bond donors (Lipinski definition) is 1. The Morgan fingerprint density at radius 2 is 1.68 bits per heavy atom. The van der Waals surface area contributed by atoms with Crippen molar-refractivity contribution in [3.63, 3.8) is 0 Å². The zero-order chi connectivity index (χ0) is 15.4. The fourth-order valence-corrected chi connectivity index (χ4v) is 0.549. The molecule has 0 aromatic carbocycles. The smallest absolute Gasteiger partial charge is 0 e. The Labute approximate surface area is 127 Å². The summed E-state index contributed by atoms with van der Waals surface area (Å²) in [6.07, 6.45) is 5.06. The fraction of sp³-hybridized carbons (Fsp3) is 0.273. The van der Waals surface area contributed by atoms with Crippen LogP contribution in [-0.2, 0) is 40.6 Å². The van der Waals surface area contributed by atoms with Gasteiger partial charge in [-0.05, 0) is 0 Å². The van der Waals surface area contributed by atoms with E-state index in [1.54, 1.807) is 0 Å². The number of hydrogen-bond acceptors (Lipinski definition) is 3. The minimum Gasteiger partial charge on any atom is 0 e. The third-order valence-corrected chi connectivity index (χ3v) is 1.35. The van der Waals surface area contributed by atoms with Gasteiger partial charge in [0.2, 0.25) is 0 Å². The summed E-state index contributed by atoms with van der Waals surface area (Å²) in [6, 6.07) is 0. The summed E-state index contributed by atoms with van der Waals surface area (Å²) in [7, 11) is 1.30. The predicted molar refractivity (Wildman–Crippen MR) is 58.8 cm³/mol. The van der Waals surface area contributed by atoms with Gasteiger partial charge in [0.25, 0.3) is 0 Å². The minimum absolute atomic E-state index is 0. The number of aliphatic hydroxyl groups is 1. The molecule has 0 aliphatic heterocycles. The number of rotatable bonds is 4. The largest absolute Gasteiger partial charge is 0 e. The standard InChI is InChI=1S/C8H11ClO3.3CO.Fe/c1-12-8(11)5-3-2-4-7(10)6-9;3*1-2;/h2-5,7,10H,6H2,1H3;;;;/b4-2+,5-3+;;;;/t7-;;;;/m0..../s1. The number of ether oxygens (including phenoxy) is 1. The minimum atomic E-state index is -0.672. The van der Waals surface area contributed by atoms with Crippen molar-refractivity contribution in [1.29, 1.82) is 0 Å². The van der Waals surface area contributed by atoms with Crippen LogP contribution >= 0.6 is 11.6 Å². The van der Waals surface area contributed by atoms with Crippen molar-refractivity contribution >= 4 is 17.6 Å². The molecule has 0 heterocycles. The molecular formula is C11H11ClFeO6. The number of esters is 1. The van der Waals surface area contributed by atoms with Crippen molar-refractivity contribution in [1.82, 2.24) is 0 Å². The third-order valence-electron chi connectivity index (χ3n) is 1.04. The number of halogens is 1. The number of aliphatic hydroxyl groups excluding tert-OH is 1. The molecule has 0 aliphatic rings. The second-order valence-corrected chi connectivity index (χ2v) is 2.30. The Bertz CT molecular complexity index is 281. The van der Waals surface area contributed by atoms with Gasteiger partial charge in [-0.15, -0.1) is 11.6 Å². The first-order chi connectivity index (χ1) is 8.70. The number of carbonyl (C=O) groups is 1. The number of allylic oxidation sites excluding steroid dienone is 2. The molecule has 0 aromatic rings. The van der Waals surface area contributed by atoms with Gasteiger partial charge in [0.15, 0.2) is 0 Å². The van der Waals surface area contributed by atoms with Gasteiger partial charge >= 0.3 is 39.9 Å². The summed E-state index contributed by atoms with van der Waals surface area (Å²) in [5, 5.41) is 8.91. The van der Waals surface area contributed by atoms with Crippen LogP contribution in [-0.4, -0.2) is 30.2 Å². The van der Waals surface area contributed by atoms with Crippen LogP contribution < -0.4 is 0 Å². The predicted octanol–water partition coefficient (Wildman–Crippen LogP) is 0.756. The van der Waals surface area contributed by atoms with Crippen LogP contribution in [0.25, 0.3) is 0 Å². The molecule has 0 aromatic heterocycles. The van der Waals surface area contributed by atoms with E-state index in [1.807, 2.05) is 0 Å². The van der Waals surface area contributed by atoms with E-state index in [0.717, 1.165) is 0 Å². The molecule has 106 valence electrons. The van der Waals surface area contributed by atoms with Crippen molar-refractivity contribution in [2.45, 2.75) is 6.10 Å². The molecule has 1 atom stereocenters. The number of methoxy groups -OCH3 is 1. The Morgan fingerprint density at radius 1 is 1.26 bits per heavy atom. The van der Waals surface area contributed by atoms with Crippen LogP contribution in [0.15, 0.2) is 24.3 Å². The zero-order valence-corrected chi connectivity index (χ0v) is 11.7. The Hall–Kier alpha value is -1.06. The van der Waals surface area contributed by atoms with E-state index in [-0.39, 0.29) is 22.9 Å². The fourth-order valence-electron chi connectivity index (χ4n) is 0.446. The van der Waals surface area contributed by atoms with Crippen LogP contribution in [0.1, 0.15) is 0 Å². The van der Waals surface area contributed by atoms with Gasteiger partial charge < -0.3 is 9.84 Å². The second kappa shape index (κ2) is 36.0. The molecule has 8 heteroatoms. The van der Waals surface area contributed by atoms with E-state index in [1.165, 1.54) is 31.4 Å². The molecule has 1 N–H and O–H groups in total. The van der Waals surface area contributed by atoms with E-state index >= 15 is 0 Å². The van der Waals surface area contributed by atoms with Crippen molar-refractivity contribution in [2.24, 2.45) is 0 Å². The van der Waals surface area contributed by atoms with Crippen LogP contribution in [0.5, 0.6) is 0 Å². The molecule has 0 fully saturated rings. The van der Waals surface area contributed by atoms with Crippen LogP contribution in [0.4, 0.5) is 0 Å². The van der Waals surface area contributed by atoms with Crippen LogP contribution in [0.2, 0.25) is 0 Å². The second-order valence-electron chi connectivity index (χ2n) is 1.99. The average Bonchev–Trinajstić information content (AvgIpc) is 2.49. The first kappa shape index (κ1) is 30.7. The monoisotopic (exact) mass is 330 g/mol. The van der Waals surface area contributed by atoms with Crippen molar-refractivity contribution < 1.29 is 45.7 Å². The SMILES string of the molecule is COC(=O)/C=C/C=C/[C@H](O)CCl.[C-]#[O+].[C-]#[O+].[C-]#[O+].[Fe]. The van der Waals surface area contributed by atoms with E-state index in [9.17, 15) is 4.79 Å². The normalized spacial score (nSPS) is 9.11. The van der Waals surface area contributed by atoms with Gasteiger partial charge in [-0.3, -0.25) is 0 Å². The molecule has 0 spiro atoms. The van der Waals surface area contributed by atoms with Crippen molar-refractivity contribution in [3.8, 4) is 0 Å². The Kier molecular flexibility index (Phi) is 58.2. The van der Waals surface area contributed by atoms with Crippen LogP contribution in [0.3, 0.4) is 0 Å². The van der Waals surface area contributed by atoms with Gasteiger partial charge in [0.05, 0.1) is 19.1 Å². The molecule has 0 radical (unpaired) electrons. The maximum absolute atomic E-state index is 10.5. The van der Waals surface area contributed by atoms with Gasteiger partial charge in [-0.25, -0.2) is 4.79 Å². The molecule has 0 bridgehead atoms. The Balaban J connectivity index is -0.0000000816. The van der Waals surface area contributed by atoms with Gasteiger partial charge in [-0.2, -0.15) is 0 Å². The van der Waals surface area contributed by atoms with E-state index in [0.29, 0.717) is 0 Å². The number of alkyl halides is 1. The van der Waals surface area contributed by atoms with Gasteiger partial charge in [0, 0.05) is 23.1 Å². The summed E-state index contributed by atoms with van der Waals surface area (Å²) in [6.45, 7) is 13.5. The van der Waals surface area contributed by atoms with Gasteiger partial charge in [-0.1, -0.05) is 18.2 Å². The molecule has 0 amide bonds. The van der Waals surface area contributed by atoms with Gasteiger partial charge in [0.1, 0.15) is 0 Å². The quantitative estimate of drug-likeness (QED) is 0.156. The zero-order valence-electron chi connectivity index (χ0n) is 9.81. The maximum atomic E-state index is 10.5. The molecule has 0 rings (SSSR count). The summed E-state index contributed by atoms with van der Waals surface area (Å²) < 4.78 is 26.8. The molecule has 0 saturated heterocycles. The van der Waals surface area contributed by atoms with E-state index < -0.39 is 12.1 Å². The number of carbonyl (C=O) groups excluding carboxylic acids is 1. The molecule has 0 saturated carbocycles. The maximum Gasteiger partial charge on any atom is 0 e. The topological polar surface area (TPSA) is 106 Å². The summed E-state index contributed by atoms with van der Waals surface area (Å²) >= 11 is 5.30. The summed E-state index contributed by atoms with van der Waals surface area (Å²) in [5.41, 5.74) is 0. The van der Waals surface area contributed by atoms with Crippen molar-refractivity contribution in [3.05, 3.63) is 44.3 Å². The average molecular weight is 331 g/mol. The molecular weight excluding hydrogens is 319 g/mol. The summed E-state index contributed by atoms with van der Waals surface area (Å²) in [4.78, 5) is 10.5. The molecule has 6 nitrogen and oxygen atoms in total. The molecule has 0 aliphatic carbocycles. The van der Waals surface area contributed by atoms with Crippen LogP contribution in [0, 0.1) is 20.0 Å². The Morgan fingerprint density at radius 3 is 2.00 bits per heavy atom. The van der Waals surface area contributed by atoms with E-state index in [4.69, 9.17) is 30.7 Å². The molecule has 0 unspecified atom stereocenters. The van der Waals surface area contributed by atoms with Crippen molar-refractivity contribution in [2.75, 3.05) is 13.0 Å². The first-order valence-corrected chi connectivity index (χ1v) is 4.52.